The van der Waals surface area contributed by atoms with Crippen molar-refractivity contribution in [3.8, 4) is 0 Å². The Hall–Kier alpha value is -0.560. The van der Waals surface area contributed by atoms with Gasteiger partial charge in [0.1, 0.15) is 0 Å². The van der Waals surface area contributed by atoms with Gasteiger partial charge < -0.3 is 5.11 Å². The number of allylic oxidation sites excluding steroid dienone is 2. The van der Waals surface area contributed by atoms with Gasteiger partial charge in [0.05, 0.1) is 0 Å². The van der Waals surface area contributed by atoms with Gasteiger partial charge in [-0.25, -0.2) is 0 Å². The third-order valence-corrected chi connectivity index (χ3v) is 1.40. The van der Waals surface area contributed by atoms with Gasteiger partial charge in [0.15, 0.2) is 0 Å². The summed E-state index contributed by atoms with van der Waals surface area (Å²) in [5, 5.41) is 8.82. The maximum Gasteiger partial charge on any atom is 0.0465 e. The predicted octanol–water partition coefficient (Wildman–Crippen LogP) is 2.14. The molecule has 1 N–H and O–H groups in total. The van der Waals surface area contributed by atoms with Crippen molar-refractivity contribution in [2.75, 3.05) is 6.61 Å². The lowest BCUT2D eigenvalue weighted by Crippen LogP contribution is -2.04. The first-order valence-corrected chi connectivity index (χ1v) is 3.56. The summed E-state index contributed by atoms with van der Waals surface area (Å²) in [7, 11) is 0. The molecule has 0 bridgehead atoms. The van der Waals surface area contributed by atoms with E-state index >= 15 is 0 Å². The monoisotopic (exact) mass is 140 g/mol. The van der Waals surface area contributed by atoms with Crippen molar-refractivity contribution in [3.63, 3.8) is 0 Å². The fourth-order valence-corrected chi connectivity index (χ4v) is 0.951. The predicted molar refractivity (Wildman–Crippen MR) is 44.8 cm³/mol. The van der Waals surface area contributed by atoms with Crippen LogP contribution >= 0.6 is 0 Å². The van der Waals surface area contributed by atoms with Gasteiger partial charge in [0, 0.05) is 6.61 Å². The molecule has 0 aliphatic heterocycles. The van der Waals surface area contributed by atoms with Crippen molar-refractivity contribution < 1.29 is 5.11 Å². The van der Waals surface area contributed by atoms with Crippen LogP contribution < -0.4 is 0 Å². The third-order valence-electron chi connectivity index (χ3n) is 1.40. The van der Waals surface area contributed by atoms with Gasteiger partial charge in [-0.1, -0.05) is 11.6 Å². The lowest BCUT2D eigenvalue weighted by atomic mass is 9.99. The molecule has 1 atom stereocenters. The first-order valence-electron chi connectivity index (χ1n) is 3.56. The van der Waals surface area contributed by atoms with E-state index in [-0.39, 0.29) is 6.61 Å². The van der Waals surface area contributed by atoms with Gasteiger partial charge in [-0.2, -0.15) is 0 Å². The topological polar surface area (TPSA) is 20.2 Å². The number of hydrogen-bond donors (Lipinski definition) is 1. The molecule has 0 radical (unpaired) electrons. The second kappa shape index (κ2) is 5.24. The van der Waals surface area contributed by atoms with E-state index in [4.69, 9.17) is 5.11 Å². The zero-order valence-corrected chi connectivity index (χ0v) is 6.64. The second-order valence-electron chi connectivity index (χ2n) is 2.73. The Morgan fingerprint density at radius 1 is 1.70 bits per heavy atom. The molecule has 0 aliphatic rings. The summed E-state index contributed by atoms with van der Waals surface area (Å²) in [6.45, 7) is 9.61. The summed E-state index contributed by atoms with van der Waals surface area (Å²) in [5.74, 6) is 0.329. The molecule has 0 aliphatic carbocycles. The molecule has 0 aromatic rings. The van der Waals surface area contributed by atoms with Crippen LogP contribution in [0.5, 0.6) is 0 Å². The molecule has 0 aromatic heterocycles. The normalized spacial score (nSPS) is 12.6. The largest absolute Gasteiger partial charge is 0.396 e. The summed E-state index contributed by atoms with van der Waals surface area (Å²) in [6, 6.07) is 0. The molecule has 10 heavy (non-hydrogen) atoms. The highest BCUT2D eigenvalue weighted by atomic mass is 16.3. The third kappa shape index (κ3) is 4.33. The van der Waals surface area contributed by atoms with Crippen LogP contribution in [0.25, 0.3) is 0 Å². The van der Waals surface area contributed by atoms with Crippen molar-refractivity contribution >= 4 is 0 Å². The zero-order valence-electron chi connectivity index (χ0n) is 6.64. The zero-order chi connectivity index (χ0) is 7.98. The highest BCUT2D eigenvalue weighted by molar-refractivity contribution is 4.91. The fraction of sp³-hybridized carbons (Fsp3) is 0.556. The van der Waals surface area contributed by atoms with Crippen LogP contribution in [-0.2, 0) is 0 Å². The van der Waals surface area contributed by atoms with E-state index in [0.29, 0.717) is 5.92 Å². The van der Waals surface area contributed by atoms with E-state index in [1.165, 1.54) is 0 Å². The molecule has 0 saturated carbocycles. The minimum Gasteiger partial charge on any atom is -0.396 e. The van der Waals surface area contributed by atoms with Gasteiger partial charge in [-0.05, 0) is 25.7 Å². The lowest BCUT2D eigenvalue weighted by Gasteiger charge is -2.10. The van der Waals surface area contributed by atoms with Gasteiger partial charge in [-0.15, -0.1) is 13.2 Å². The van der Waals surface area contributed by atoms with Gasteiger partial charge in [0.2, 0.25) is 0 Å². The Bertz CT molecular complexity index is 116. The average Bonchev–Trinajstić information content (AvgIpc) is 1.86. The molecule has 0 fully saturated rings. The van der Waals surface area contributed by atoms with Gasteiger partial charge in [0.25, 0.3) is 0 Å². The van der Waals surface area contributed by atoms with Crippen molar-refractivity contribution in [1.82, 2.24) is 0 Å². The molecule has 1 nitrogen and oxygen atoms in total. The SMILES string of the molecule is C=CCC(CO)CC(=C)C. The van der Waals surface area contributed by atoms with Gasteiger partial charge in [-0.3, -0.25) is 0 Å². The Morgan fingerprint density at radius 2 is 2.30 bits per heavy atom. The first-order chi connectivity index (χ1) is 4.70. The highest BCUT2D eigenvalue weighted by Crippen LogP contribution is 2.12. The van der Waals surface area contributed by atoms with Crippen molar-refractivity contribution in [3.05, 3.63) is 24.8 Å². The van der Waals surface area contributed by atoms with Crippen LogP contribution in [0.15, 0.2) is 24.8 Å². The maximum atomic E-state index is 8.82. The number of aliphatic hydroxyl groups is 1. The second-order valence-corrected chi connectivity index (χ2v) is 2.73. The van der Waals surface area contributed by atoms with E-state index in [2.05, 4.69) is 13.2 Å². The molecule has 0 aromatic carbocycles. The Labute approximate surface area is 63.1 Å². The summed E-state index contributed by atoms with van der Waals surface area (Å²) < 4.78 is 0. The molecule has 0 saturated heterocycles. The van der Waals surface area contributed by atoms with Crippen LogP contribution in [0.4, 0.5) is 0 Å². The van der Waals surface area contributed by atoms with Crippen LogP contribution in [0, 0.1) is 5.92 Å². The molecule has 1 heteroatoms. The van der Waals surface area contributed by atoms with Crippen LogP contribution in [0.3, 0.4) is 0 Å². The summed E-state index contributed by atoms with van der Waals surface area (Å²) in [5.41, 5.74) is 1.13. The van der Waals surface area contributed by atoms with Crippen LogP contribution in [-0.4, -0.2) is 11.7 Å². The molecule has 58 valence electrons. The molecular formula is C9H16O. The highest BCUT2D eigenvalue weighted by Gasteiger charge is 2.03. The summed E-state index contributed by atoms with van der Waals surface area (Å²) in [4.78, 5) is 0. The molecule has 0 amide bonds. The van der Waals surface area contributed by atoms with Gasteiger partial charge >= 0.3 is 0 Å². The van der Waals surface area contributed by atoms with E-state index in [1.54, 1.807) is 0 Å². The minimum atomic E-state index is 0.235. The quantitative estimate of drug-likeness (QED) is 0.580. The smallest absolute Gasteiger partial charge is 0.0465 e. The molecule has 0 spiro atoms. The summed E-state index contributed by atoms with van der Waals surface area (Å²) >= 11 is 0. The average molecular weight is 140 g/mol. The Balaban J connectivity index is 3.59. The standard InChI is InChI=1S/C9H16O/c1-4-5-9(7-10)6-8(2)3/h4,9-10H,1-2,5-7H2,3H3. The fourth-order valence-electron chi connectivity index (χ4n) is 0.951. The number of rotatable bonds is 5. The lowest BCUT2D eigenvalue weighted by molar-refractivity contribution is 0.227. The van der Waals surface area contributed by atoms with Crippen LogP contribution in [0.2, 0.25) is 0 Å². The minimum absolute atomic E-state index is 0.235. The molecular weight excluding hydrogens is 124 g/mol. The van der Waals surface area contributed by atoms with Crippen LogP contribution in [0.1, 0.15) is 19.8 Å². The number of aliphatic hydroxyl groups excluding tert-OH is 1. The molecule has 0 rings (SSSR count). The van der Waals surface area contributed by atoms with Crippen molar-refractivity contribution in [2.45, 2.75) is 19.8 Å². The Morgan fingerprint density at radius 3 is 2.60 bits per heavy atom. The first kappa shape index (κ1) is 9.44. The number of hydrogen-bond acceptors (Lipinski definition) is 1. The van der Waals surface area contributed by atoms with Crippen molar-refractivity contribution in [2.24, 2.45) is 5.92 Å². The van der Waals surface area contributed by atoms with E-state index in [1.807, 2.05) is 13.0 Å². The van der Waals surface area contributed by atoms with E-state index in [9.17, 15) is 0 Å². The maximum absolute atomic E-state index is 8.82. The Kier molecular flexibility index (Phi) is 4.95. The van der Waals surface area contributed by atoms with Crippen molar-refractivity contribution in [1.29, 1.82) is 0 Å². The van der Waals surface area contributed by atoms with E-state index in [0.717, 1.165) is 18.4 Å². The molecule has 0 heterocycles. The van der Waals surface area contributed by atoms with E-state index < -0.39 is 0 Å². The molecule has 1 unspecified atom stereocenters. The summed E-state index contributed by atoms with van der Waals surface area (Å²) in [6.07, 6.45) is 3.62.